The molecule has 0 aliphatic rings. The molecule has 0 unspecified atom stereocenters. The van der Waals surface area contributed by atoms with Gasteiger partial charge in [-0.15, -0.1) is 0 Å². The summed E-state index contributed by atoms with van der Waals surface area (Å²) >= 11 is 4.14. The topological polar surface area (TPSA) is 39.7 Å². The average molecular weight is 243 g/mol. The van der Waals surface area contributed by atoms with Gasteiger partial charge in [0.2, 0.25) is 5.75 Å². The van der Waals surface area contributed by atoms with E-state index in [0.29, 0.717) is 17.2 Å². The third-order valence-corrected chi connectivity index (χ3v) is 2.33. The summed E-state index contributed by atoms with van der Waals surface area (Å²) in [6, 6.07) is 3.73. The highest BCUT2D eigenvalue weighted by Gasteiger charge is 2.12. The Balaban J connectivity index is 3.05. The Morgan fingerprint density at radius 1 is 1.06 bits per heavy atom. The van der Waals surface area contributed by atoms with E-state index in [0.717, 1.165) is 18.0 Å². The Hall–Kier alpha value is -1.23. The lowest BCUT2D eigenvalue weighted by atomic mass is 10.2. The zero-order valence-corrected chi connectivity index (χ0v) is 10.6. The molecule has 0 aliphatic heterocycles. The van der Waals surface area contributed by atoms with Gasteiger partial charge in [0.15, 0.2) is 11.5 Å². The minimum atomic E-state index is 0.599. The molecule has 1 aromatic rings. The van der Waals surface area contributed by atoms with Crippen molar-refractivity contribution >= 4 is 18.3 Å². The van der Waals surface area contributed by atoms with Crippen molar-refractivity contribution in [3.63, 3.8) is 0 Å². The molecule has 0 spiro atoms. The van der Waals surface area contributed by atoms with Gasteiger partial charge in [-0.1, -0.05) is 0 Å². The lowest BCUT2D eigenvalue weighted by molar-refractivity contribution is 0.324. The molecule has 0 saturated carbocycles. The van der Waals surface area contributed by atoms with Gasteiger partial charge in [-0.3, -0.25) is 0 Å². The van der Waals surface area contributed by atoms with E-state index in [2.05, 4.69) is 17.9 Å². The van der Waals surface area contributed by atoms with E-state index >= 15 is 0 Å². The van der Waals surface area contributed by atoms with Crippen LogP contribution < -0.4 is 19.5 Å². The van der Waals surface area contributed by atoms with E-state index < -0.39 is 0 Å². The number of thiol groups is 1. The molecule has 90 valence electrons. The standard InChI is InChI=1S/C11H17NO3S/c1-13-9-6-8(12-4-5-16)7-10(14-2)11(9)15-3/h6-7,12,16H,4-5H2,1-3H3. The summed E-state index contributed by atoms with van der Waals surface area (Å²) in [5.74, 6) is 2.64. The van der Waals surface area contributed by atoms with Gasteiger partial charge in [0, 0.05) is 30.1 Å². The first-order chi connectivity index (χ1) is 7.76. The minimum Gasteiger partial charge on any atom is -0.493 e. The maximum absolute atomic E-state index is 5.24. The highest BCUT2D eigenvalue weighted by molar-refractivity contribution is 7.80. The van der Waals surface area contributed by atoms with Gasteiger partial charge in [0.25, 0.3) is 0 Å². The molecule has 0 radical (unpaired) electrons. The van der Waals surface area contributed by atoms with Crippen LogP contribution in [0.15, 0.2) is 12.1 Å². The highest BCUT2D eigenvalue weighted by atomic mass is 32.1. The van der Waals surface area contributed by atoms with Gasteiger partial charge in [0.05, 0.1) is 21.3 Å². The number of hydrogen-bond donors (Lipinski definition) is 2. The number of nitrogens with one attached hydrogen (secondary N) is 1. The summed E-state index contributed by atoms with van der Waals surface area (Å²) < 4.78 is 15.7. The molecule has 16 heavy (non-hydrogen) atoms. The first kappa shape index (κ1) is 12.8. The predicted molar refractivity (Wildman–Crippen MR) is 68.4 cm³/mol. The Bertz CT molecular complexity index is 319. The Kier molecular flexibility index (Phi) is 5.11. The summed E-state index contributed by atoms with van der Waals surface area (Å²) in [6.07, 6.45) is 0. The molecule has 0 amide bonds. The molecule has 0 fully saturated rings. The average Bonchev–Trinajstić information content (AvgIpc) is 2.34. The van der Waals surface area contributed by atoms with Crippen molar-refractivity contribution in [1.29, 1.82) is 0 Å². The van der Waals surface area contributed by atoms with Crippen molar-refractivity contribution in [2.24, 2.45) is 0 Å². The molecular formula is C11H17NO3S. The van der Waals surface area contributed by atoms with Crippen LogP contribution in [0.3, 0.4) is 0 Å². The number of methoxy groups -OCH3 is 3. The summed E-state index contributed by atoms with van der Waals surface area (Å²) in [5, 5.41) is 3.20. The number of anilines is 1. The predicted octanol–water partition coefficient (Wildman–Crippen LogP) is 2.05. The first-order valence-corrected chi connectivity index (χ1v) is 5.54. The van der Waals surface area contributed by atoms with E-state index in [9.17, 15) is 0 Å². The second kappa shape index (κ2) is 6.37. The third kappa shape index (κ3) is 2.88. The second-order valence-electron chi connectivity index (χ2n) is 3.06. The summed E-state index contributed by atoms with van der Waals surface area (Å²) in [7, 11) is 4.78. The van der Waals surface area contributed by atoms with Crippen molar-refractivity contribution in [1.82, 2.24) is 0 Å². The van der Waals surface area contributed by atoms with E-state index in [-0.39, 0.29) is 0 Å². The SMILES string of the molecule is COc1cc(NCCS)cc(OC)c1OC. The number of ether oxygens (including phenoxy) is 3. The summed E-state index contributed by atoms with van der Waals surface area (Å²) in [6.45, 7) is 0.780. The van der Waals surface area contributed by atoms with Crippen LogP contribution in [-0.4, -0.2) is 33.6 Å². The molecule has 0 aliphatic carbocycles. The van der Waals surface area contributed by atoms with Crippen LogP contribution >= 0.6 is 12.6 Å². The van der Waals surface area contributed by atoms with Crippen molar-refractivity contribution < 1.29 is 14.2 Å². The quantitative estimate of drug-likeness (QED) is 0.750. The van der Waals surface area contributed by atoms with Crippen LogP contribution in [0, 0.1) is 0 Å². The molecule has 4 nitrogen and oxygen atoms in total. The monoisotopic (exact) mass is 243 g/mol. The fourth-order valence-corrected chi connectivity index (χ4v) is 1.50. The number of hydrogen-bond acceptors (Lipinski definition) is 5. The lowest BCUT2D eigenvalue weighted by Gasteiger charge is -2.14. The molecule has 1 rings (SSSR count). The largest absolute Gasteiger partial charge is 0.493 e. The van der Waals surface area contributed by atoms with Gasteiger partial charge in [0.1, 0.15) is 0 Å². The maximum atomic E-state index is 5.24. The minimum absolute atomic E-state index is 0.599. The summed E-state index contributed by atoms with van der Waals surface area (Å²) in [4.78, 5) is 0. The normalized spacial score (nSPS) is 9.75. The second-order valence-corrected chi connectivity index (χ2v) is 3.51. The number of rotatable bonds is 6. The molecule has 0 atom stereocenters. The molecule has 0 bridgehead atoms. The molecule has 0 aromatic heterocycles. The highest BCUT2D eigenvalue weighted by Crippen LogP contribution is 2.39. The van der Waals surface area contributed by atoms with Gasteiger partial charge in [-0.2, -0.15) is 12.6 Å². The zero-order chi connectivity index (χ0) is 12.0. The van der Waals surface area contributed by atoms with E-state index in [1.807, 2.05) is 12.1 Å². The third-order valence-electron chi connectivity index (χ3n) is 2.11. The van der Waals surface area contributed by atoms with Crippen LogP contribution in [0.5, 0.6) is 17.2 Å². The van der Waals surface area contributed by atoms with Crippen LogP contribution in [-0.2, 0) is 0 Å². The first-order valence-electron chi connectivity index (χ1n) is 4.91. The van der Waals surface area contributed by atoms with Gasteiger partial charge < -0.3 is 19.5 Å². The van der Waals surface area contributed by atoms with Crippen LogP contribution in [0.4, 0.5) is 5.69 Å². The van der Waals surface area contributed by atoms with Crippen molar-refractivity contribution in [2.75, 3.05) is 38.9 Å². The van der Waals surface area contributed by atoms with E-state index in [1.165, 1.54) is 0 Å². The van der Waals surface area contributed by atoms with E-state index in [1.54, 1.807) is 21.3 Å². The molecule has 1 aromatic carbocycles. The molecule has 0 saturated heterocycles. The Morgan fingerprint density at radius 2 is 1.62 bits per heavy atom. The van der Waals surface area contributed by atoms with Crippen molar-refractivity contribution in [2.45, 2.75) is 0 Å². The maximum Gasteiger partial charge on any atom is 0.203 e. The smallest absolute Gasteiger partial charge is 0.203 e. The Morgan fingerprint density at radius 3 is 2.00 bits per heavy atom. The summed E-state index contributed by atoms with van der Waals surface area (Å²) in [5.41, 5.74) is 0.920. The molecule has 0 heterocycles. The molecular weight excluding hydrogens is 226 g/mol. The fraction of sp³-hybridized carbons (Fsp3) is 0.455. The van der Waals surface area contributed by atoms with E-state index in [4.69, 9.17) is 14.2 Å². The molecule has 1 N–H and O–H groups in total. The van der Waals surface area contributed by atoms with Gasteiger partial charge in [-0.05, 0) is 0 Å². The van der Waals surface area contributed by atoms with Crippen molar-refractivity contribution in [3.8, 4) is 17.2 Å². The fourth-order valence-electron chi connectivity index (χ4n) is 1.38. The Labute approximate surface area is 101 Å². The van der Waals surface area contributed by atoms with Gasteiger partial charge in [-0.25, -0.2) is 0 Å². The molecule has 5 heteroatoms. The van der Waals surface area contributed by atoms with Crippen LogP contribution in [0.2, 0.25) is 0 Å². The zero-order valence-electron chi connectivity index (χ0n) is 9.74. The van der Waals surface area contributed by atoms with Crippen molar-refractivity contribution in [3.05, 3.63) is 12.1 Å². The van der Waals surface area contributed by atoms with Gasteiger partial charge >= 0.3 is 0 Å². The lowest BCUT2D eigenvalue weighted by Crippen LogP contribution is -2.04. The van der Waals surface area contributed by atoms with Crippen LogP contribution in [0.25, 0.3) is 0 Å². The number of benzene rings is 1. The van der Waals surface area contributed by atoms with Crippen LogP contribution in [0.1, 0.15) is 0 Å².